The van der Waals surface area contributed by atoms with Crippen LogP contribution in [0.5, 0.6) is 0 Å². The second kappa shape index (κ2) is 4.91. The van der Waals surface area contributed by atoms with Crippen molar-refractivity contribution >= 4 is 5.78 Å². The van der Waals surface area contributed by atoms with E-state index in [-0.39, 0.29) is 12.2 Å². The Kier molecular flexibility index (Phi) is 3.83. The summed E-state index contributed by atoms with van der Waals surface area (Å²) in [5, 5.41) is 9.30. The lowest BCUT2D eigenvalue weighted by atomic mass is 10.1. The smallest absolute Gasteiger partial charge is 0.168 e. The van der Waals surface area contributed by atoms with E-state index in [1.165, 1.54) is 0 Å². The highest BCUT2D eigenvalue weighted by Crippen LogP contribution is 2.02. The van der Waals surface area contributed by atoms with Crippen molar-refractivity contribution in [3.05, 3.63) is 18.2 Å². The summed E-state index contributed by atoms with van der Waals surface area (Å²) in [6.07, 6.45) is 3.34. The minimum absolute atomic E-state index is 0.159. The predicted octanol–water partition coefficient (Wildman–Crippen LogP) is 0.785. The fourth-order valence-corrected chi connectivity index (χ4v) is 1.30. The Morgan fingerprint density at radius 2 is 2.36 bits per heavy atom. The molecule has 1 atom stereocenters. The molecule has 0 aliphatic heterocycles. The Balaban J connectivity index is 2.64. The maximum Gasteiger partial charge on any atom is 0.168 e. The van der Waals surface area contributed by atoms with Gasteiger partial charge in [-0.05, 0) is 13.3 Å². The maximum absolute atomic E-state index is 11.4. The average Bonchev–Trinajstić information content (AvgIpc) is 2.63. The zero-order chi connectivity index (χ0) is 10.6. The van der Waals surface area contributed by atoms with E-state index < -0.39 is 6.10 Å². The first-order chi connectivity index (χ1) is 6.69. The number of imidazole rings is 1. The molecular formula is C10H16N2O2. The van der Waals surface area contributed by atoms with Crippen LogP contribution in [-0.2, 0) is 17.8 Å². The van der Waals surface area contributed by atoms with Gasteiger partial charge < -0.3 is 9.67 Å². The summed E-state index contributed by atoms with van der Waals surface area (Å²) in [5.74, 6) is 0.568. The Bertz CT molecular complexity index is 307. The van der Waals surface area contributed by atoms with Crippen molar-refractivity contribution in [3.63, 3.8) is 0 Å². The zero-order valence-corrected chi connectivity index (χ0v) is 8.60. The summed E-state index contributed by atoms with van der Waals surface area (Å²) in [4.78, 5) is 15.5. The van der Waals surface area contributed by atoms with Crippen LogP contribution >= 0.6 is 0 Å². The van der Waals surface area contributed by atoms with Gasteiger partial charge in [-0.25, -0.2) is 4.98 Å². The quantitative estimate of drug-likeness (QED) is 0.757. The minimum Gasteiger partial charge on any atom is -0.385 e. The molecule has 1 aromatic rings. The number of aliphatic hydroxyl groups is 1. The highest BCUT2D eigenvalue weighted by Gasteiger charge is 2.15. The van der Waals surface area contributed by atoms with Crippen molar-refractivity contribution in [2.24, 2.45) is 0 Å². The van der Waals surface area contributed by atoms with Crippen molar-refractivity contribution in [1.82, 2.24) is 9.55 Å². The molecule has 4 heteroatoms. The van der Waals surface area contributed by atoms with Gasteiger partial charge in [0.2, 0.25) is 0 Å². The van der Waals surface area contributed by atoms with Crippen LogP contribution in [0, 0.1) is 0 Å². The van der Waals surface area contributed by atoms with Crippen molar-refractivity contribution in [2.75, 3.05) is 0 Å². The largest absolute Gasteiger partial charge is 0.385 e. The van der Waals surface area contributed by atoms with Crippen LogP contribution < -0.4 is 0 Å². The van der Waals surface area contributed by atoms with E-state index in [4.69, 9.17) is 0 Å². The summed E-state index contributed by atoms with van der Waals surface area (Å²) in [7, 11) is 0. The number of rotatable bonds is 5. The number of nitrogens with zero attached hydrogens (tertiary/aromatic N) is 2. The number of carbonyl (C=O) groups is 1. The second-order valence-corrected chi connectivity index (χ2v) is 3.20. The molecular weight excluding hydrogens is 180 g/mol. The minimum atomic E-state index is -0.850. The normalized spacial score (nSPS) is 12.8. The Morgan fingerprint density at radius 1 is 1.64 bits per heavy atom. The molecule has 1 N–H and O–H groups in total. The molecule has 1 rings (SSSR count). The van der Waals surface area contributed by atoms with Gasteiger partial charge in [-0.3, -0.25) is 4.79 Å². The fraction of sp³-hybridized carbons (Fsp3) is 0.600. The van der Waals surface area contributed by atoms with E-state index in [0.29, 0.717) is 6.42 Å². The summed E-state index contributed by atoms with van der Waals surface area (Å²) < 4.78 is 1.90. The predicted molar refractivity (Wildman–Crippen MR) is 52.9 cm³/mol. The number of carbonyl (C=O) groups excluding carboxylic acids is 1. The maximum atomic E-state index is 11.4. The van der Waals surface area contributed by atoms with Crippen LogP contribution in [-0.4, -0.2) is 26.5 Å². The molecule has 1 heterocycles. The zero-order valence-electron chi connectivity index (χ0n) is 8.60. The van der Waals surface area contributed by atoms with Crippen LogP contribution in [0.3, 0.4) is 0 Å². The molecule has 0 aliphatic rings. The molecule has 0 amide bonds. The molecule has 0 spiro atoms. The van der Waals surface area contributed by atoms with E-state index in [9.17, 15) is 9.90 Å². The highest BCUT2D eigenvalue weighted by atomic mass is 16.3. The molecule has 14 heavy (non-hydrogen) atoms. The van der Waals surface area contributed by atoms with Gasteiger partial charge in [0.05, 0.1) is 6.42 Å². The topological polar surface area (TPSA) is 55.1 Å². The second-order valence-electron chi connectivity index (χ2n) is 3.20. The number of aryl methyl sites for hydroxylation is 1. The highest BCUT2D eigenvalue weighted by molar-refractivity contribution is 5.84. The fourth-order valence-electron chi connectivity index (χ4n) is 1.30. The molecule has 0 fully saturated rings. The summed E-state index contributed by atoms with van der Waals surface area (Å²) >= 11 is 0. The standard InChI is InChI=1S/C10H16N2O2/c1-3-8(13)9(14)7-10-11-5-6-12(10)4-2/h5-6,8,13H,3-4,7H2,1-2H3. The molecule has 0 radical (unpaired) electrons. The van der Waals surface area contributed by atoms with Gasteiger partial charge in [-0.1, -0.05) is 6.92 Å². The third kappa shape index (κ3) is 2.42. The lowest BCUT2D eigenvalue weighted by Gasteiger charge is -2.07. The molecule has 1 unspecified atom stereocenters. The first-order valence-corrected chi connectivity index (χ1v) is 4.89. The van der Waals surface area contributed by atoms with E-state index in [2.05, 4.69) is 4.98 Å². The third-order valence-corrected chi connectivity index (χ3v) is 2.23. The molecule has 0 bridgehead atoms. The average molecular weight is 196 g/mol. The van der Waals surface area contributed by atoms with E-state index in [0.717, 1.165) is 12.4 Å². The number of aliphatic hydroxyl groups excluding tert-OH is 1. The molecule has 0 aromatic carbocycles. The van der Waals surface area contributed by atoms with Crippen LogP contribution in [0.15, 0.2) is 12.4 Å². The molecule has 0 aliphatic carbocycles. The molecule has 78 valence electrons. The van der Waals surface area contributed by atoms with Gasteiger partial charge in [-0.2, -0.15) is 0 Å². The Hall–Kier alpha value is -1.16. The number of ketones is 1. The first-order valence-electron chi connectivity index (χ1n) is 4.89. The van der Waals surface area contributed by atoms with Gasteiger partial charge in [-0.15, -0.1) is 0 Å². The van der Waals surface area contributed by atoms with Crippen molar-refractivity contribution in [3.8, 4) is 0 Å². The lowest BCUT2D eigenvalue weighted by molar-refractivity contribution is -0.126. The molecule has 4 nitrogen and oxygen atoms in total. The number of Topliss-reactive ketones (excluding diaryl/α,β-unsaturated/α-hetero) is 1. The summed E-state index contributed by atoms with van der Waals surface area (Å²) in [6, 6.07) is 0. The Morgan fingerprint density at radius 3 is 2.93 bits per heavy atom. The third-order valence-electron chi connectivity index (χ3n) is 2.23. The lowest BCUT2D eigenvalue weighted by Crippen LogP contribution is -2.22. The number of hydrogen-bond donors (Lipinski definition) is 1. The number of hydrogen-bond acceptors (Lipinski definition) is 3. The van der Waals surface area contributed by atoms with E-state index >= 15 is 0 Å². The van der Waals surface area contributed by atoms with Gasteiger partial charge in [0.25, 0.3) is 0 Å². The van der Waals surface area contributed by atoms with Gasteiger partial charge >= 0.3 is 0 Å². The van der Waals surface area contributed by atoms with Crippen LogP contribution in [0.25, 0.3) is 0 Å². The SMILES string of the molecule is CCC(O)C(=O)Cc1nccn1CC. The summed E-state index contributed by atoms with van der Waals surface area (Å²) in [5.41, 5.74) is 0. The number of aromatic nitrogens is 2. The monoisotopic (exact) mass is 196 g/mol. The molecule has 0 saturated heterocycles. The van der Waals surface area contributed by atoms with Crippen LogP contribution in [0.4, 0.5) is 0 Å². The first kappa shape index (κ1) is 10.9. The van der Waals surface area contributed by atoms with Crippen LogP contribution in [0.1, 0.15) is 26.1 Å². The van der Waals surface area contributed by atoms with Gasteiger partial charge in [0, 0.05) is 18.9 Å². The summed E-state index contributed by atoms with van der Waals surface area (Å²) in [6.45, 7) is 4.58. The van der Waals surface area contributed by atoms with Crippen molar-refractivity contribution in [1.29, 1.82) is 0 Å². The molecule has 1 aromatic heterocycles. The van der Waals surface area contributed by atoms with Crippen molar-refractivity contribution in [2.45, 2.75) is 39.3 Å². The molecule has 0 saturated carbocycles. The van der Waals surface area contributed by atoms with Gasteiger partial charge in [0.1, 0.15) is 11.9 Å². The Labute approximate surface area is 83.6 Å². The van der Waals surface area contributed by atoms with E-state index in [1.807, 2.05) is 17.7 Å². The van der Waals surface area contributed by atoms with Crippen molar-refractivity contribution < 1.29 is 9.90 Å². The van der Waals surface area contributed by atoms with Gasteiger partial charge in [0.15, 0.2) is 5.78 Å². The van der Waals surface area contributed by atoms with E-state index in [1.54, 1.807) is 13.1 Å². The van der Waals surface area contributed by atoms with Crippen LogP contribution in [0.2, 0.25) is 0 Å².